The molecule has 0 radical (unpaired) electrons. The highest BCUT2D eigenvalue weighted by Gasteiger charge is 2.05. The summed E-state index contributed by atoms with van der Waals surface area (Å²) in [6.45, 7) is 1.52. The van der Waals surface area contributed by atoms with E-state index in [0.29, 0.717) is 0 Å². The van der Waals surface area contributed by atoms with E-state index < -0.39 is 0 Å². The normalized spacial score (nSPS) is 10.6. The van der Waals surface area contributed by atoms with Gasteiger partial charge < -0.3 is 10.1 Å². The van der Waals surface area contributed by atoms with Crippen LogP contribution in [0.2, 0.25) is 0 Å². The molecule has 0 aliphatic heterocycles. The topological polar surface area (TPSA) is 52.0 Å². The molecule has 0 amide bonds. The van der Waals surface area contributed by atoms with Crippen molar-refractivity contribution in [2.75, 3.05) is 7.11 Å². The molecule has 112 valence electrons. The smallest absolute Gasteiger partial charge is 0.157 e. The second-order valence-electron chi connectivity index (χ2n) is 4.89. The lowest BCUT2D eigenvalue weighted by Crippen LogP contribution is -2.15. The molecule has 0 bridgehead atoms. The first-order valence-electron chi connectivity index (χ1n) is 7.14. The van der Waals surface area contributed by atoms with Gasteiger partial charge in [-0.3, -0.25) is 0 Å². The quantitative estimate of drug-likeness (QED) is 0.759. The molecule has 22 heavy (non-hydrogen) atoms. The number of benzene rings is 1. The van der Waals surface area contributed by atoms with Crippen molar-refractivity contribution in [1.82, 2.24) is 20.1 Å². The molecular formula is C17H18N4O. The second kappa shape index (κ2) is 6.87. The Bertz CT molecular complexity index is 708. The average Bonchev–Trinajstić information content (AvgIpc) is 3.10. The maximum Gasteiger partial charge on any atom is 0.157 e. The molecule has 3 rings (SSSR count). The highest BCUT2D eigenvalue weighted by molar-refractivity contribution is 5.32. The van der Waals surface area contributed by atoms with Crippen LogP contribution in [-0.2, 0) is 13.1 Å². The van der Waals surface area contributed by atoms with E-state index in [1.807, 2.05) is 30.5 Å². The number of aromatic nitrogens is 3. The largest absolute Gasteiger partial charge is 0.497 e. The summed E-state index contributed by atoms with van der Waals surface area (Å²) in [5, 5.41) is 7.68. The minimum Gasteiger partial charge on any atom is -0.497 e. The van der Waals surface area contributed by atoms with E-state index in [2.05, 4.69) is 33.6 Å². The van der Waals surface area contributed by atoms with Crippen LogP contribution in [0.4, 0.5) is 0 Å². The van der Waals surface area contributed by atoms with Gasteiger partial charge in [0, 0.05) is 37.2 Å². The summed E-state index contributed by atoms with van der Waals surface area (Å²) < 4.78 is 6.94. The Morgan fingerprint density at radius 2 is 1.91 bits per heavy atom. The highest BCUT2D eigenvalue weighted by atomic mass is 16.5. The lowest BCUT2D eigenvalue weighted by Gasteiger charge is -2.10. The van der Waals surface area contributed by atoms with Crippen molar-refractivity contribution in [2.45, 2.75) is 13.1 Å². The zero-order valence-electron chi connectivity index (χ0n) is 12.4. The third kappa shape index (κ3) is 3.32. The number of nitrogens with one attached hydrogen (secondary N) is 1. The van der Waals surface area contributed by atoms with E-state index in [4.69, 9.17) is 4.74 Å². The van der Waals surface area contributed by atoms with Crippen molar-refractivity contribution in [3.8, 4) is 11.6 Å². The van der Waals surface area contributed by atoms with E-state index >= 15 is 0 Å². The molecule has 0 unspecified atom stereocenters. The van der Waals surface area contributed by atoms with Crippen LogP contribution in [0, 0.1) is 0 Å². The molecule has 2 aromatic heterocycles. The fourth-order valence-electron chi connectivity index (χ4n) is 2.25. The number of hydrogen-bond donors (Lipinski definition) is 1. The third-order valence-corrected chi connectivity index (χ3v) is 3.39. The predicted octanol–water partition coefficient (Wildman–Crippen LogP) is 2.57. The molecule has 1 N–H and O–H groups in total. The van der Waals surface area contributed by atoms with Gasteiger partial charge in [0.05, 0.1) is 7.11 Å². The van der Waals surface area contributed by atoms with E-state index in [1.165, 1.54) is 5.56 Å². The Labute approximate surface area is 129 Å². The first kappa shape index (κ1) is 14.3. The van der Waals surface area contributed by atoms with Gasteiger partial charge in [-0.05, 0) is 29.8 Å². The SMILES string of the molecule is COc1ccc(CNCc2cccnc2-n2cccn2)cc1. The van der Waals surface area contributed by atoms with Crippen LogP contribution in [0.5, 0.6) is 5.75 Å². The number of nitrogens with zero attached hydrogens (tertiary/aromatic N) is 3. The molecule has 0 atom stereocenters. The molecule has 0 aliphatic rings. The number of methoxy groups -OCH3 is 1. The molecule has 2 heterocycles. The third-order valence-electron chi connectivity index (χ3n) is 3.39. The van der Waals surface area contributed by atoms with Crippen LogP contribution in [0.3, 0.4) is 0 Å². The Kier molecular flexibility index (Phi) is 4.46. The Hall–Kier alpha value is -2.66. The van der Waals surface area contributed by atoms with Crippen LogP contribution < -0.4 is 10.1 Å². The first-order valence-corrected chi connectivity index (χ1v) is 7.14. The molecule has 0 saturated carbocycles. The van der Waals surface area contributed by atoms with Gasteiger partial charge in [0.2, 0.25) is 0 Å². The molecule has 0 spiro atoms. The van der Waals surface area contributed by atoms with E-state index in [-0.39, 0.29) is 0 Å². The van der Waals surface area contributed by atoms with Crippen LogP contribution in [0.1, 0.15) is 11.1 Å². The van der Waals surface area contributed by atoms with Crippen LogP contribution in [-0.4, -0.2) is 21.9 Å². The summed E-state index contributed by atoms with van der Waals surface area (Å²) in [6, 6.07) is 13.9. The van der Waals surface area contributed by atoms with Crippen molar-refractivity contribution in [3.63, 3.8) is 0 Å². The van der Waals surface area contributed by atoms with E-state index in [0.717, 1.165) is 30.2 Å². The van der Waals surface area contributed by atoms with Crippen molar-refractivity contribution in [2.24, 2.45) is 0 Å². The Balaban J connectivity index is 1.64. The standard InChI is InChI=1S/C17H18N4O/c1-22-16-7-5-14(6-8-16)12-18-13-15-4-2-9-19-17(15)21-11-3-10-20-21/h2-11,18H,12-13H2,1H3. The lowest BCUT2D eigenvalue weighted by atomic mass is 10.2. The van der Waals surface area contributed by atoms with Crippen LogP contribution in [0.25, 0.3) is 5.82 Å². The molecule has 0 saturated heterocycles. The van der Waals surface area contributed by atoms with Gasteiger partial charge in [0.25, 0.3) is 0 Å². The second-order valence-corrected chi connectivity index (χ2v) is 4.89. The van der Waals surface area contributed by atoms with Gasteiger partial charge >= 0.3 is 0 Å². The number of rotatable bonds is 6. The maximum atomic E-state index is 5.16. The summed E-state index contributed by atoms with van der Waals surface area (Å²) in [7, 11) is 1.67. The predicted molar refractivity (Wildman–Crippen MR) is 84.9 cm³/mol. The zero-order chi connectivity index (χ0) is 15.2. The van der Waals surface area contributed by atoms with Gasteiger partial charge in [-0.15, -0.1) is 0 Å². The van der Waals surface area contributed by atoms with Crippen LogP contribution >= 0.6 is 0 Å². The summed E-state index contributed by atoms with van der Waals surface area (Å²) >= 11 is 0. The number of ether oxygens (including phenoxy) is 1. The summed E-state index contributed by atoms with van der Waals surface area (Å²) in [5.74, 6) is 1.73. The maximum absolute atomic E-state index is 5.16. The monoisotopic (exact) mass is 294 g/mol. The van der Waals surface area contributed by atoms with Crippen molar-refractivity contribution in [3.05, 3.63) is 72.2 Å². The average molecular weight is 294 g/mol. The van der Waals surface area contributed by atoms with Gasteiger partial charge in [0.15, 0.2) is 5.82 Å². The fraction of sp³-hybridized carbons (Fsp3) is 0.176. The first-order chi connectivity index (χ1) is 10.9. The van der Waals surface area contributed by atoms with Crippen molar-refractivity contribution in [1.29, 1.82) is 0 Å². The van der Waals surface area contributed by atoms with Crippen LogP contribution in [0.15, 0.2) is 61.1 Å². The minimum atomic E-state index is 0.731. The molecular weight excluding hydrogens is 276 g/mol. The molecule has 5 nitrogen and oxygen atoms in total. The van der Waals surface area contributed by atoms with Crippen molar-refractivity contribution >= 4 is 0 Å². The summed E-state index contributed by atoms with van der Waals surface area (Å²) in [6.07, 6.45) is 5.43. The molecule has 1 aromatic carbocycles. The molecule has 0 aliphatic carbocycles. The highest BCUT2D eigenvalue weighted by Crippen LogP contribution is 2.12. The van der Waals surface area contributed by atoms with Gasteiger partial charge in [-0.25, -0.2) is 9.67 Å². The fourth-order valence-corrected chi connectivity index (χ4v) is 2.25. The minimum absolute atomic E-state index is 0.731. The molecule has 0 fully saturated rings. The van der Waals surface area contributed by atoms with Crippen molar-refractivity contribution < 1.29 is 4.74 Å². The van der Waals surface area contributed by atoms with Gasteiger partial charge in [0.1, 0.15) is 5.75 Å². The summed E-state index contributed by atoms with van der Waals surface area (Å²) in [4.78, 5) is 4.41. The number of pyridine rings is 1. The molecule has 3 aromatic rings. The number of hydrogen-bond acceptors (Lipinski definition) is 4. The van der Waals surface area contributed by atoms with E-state index in [9.17, 15) is 0 Å². The Morgan fingerprint density at radius 3 is 2.64 bits per heavy atom. The lowest BCUT2D eigenvalue weighted by molar-refractivity contribution is 0.414. The van der Waals surface area contributed by atoms with Gasteiger partial charge in [-0.2, -0.15) is 5.10 Å². The zero-order valence-corrected chi connectivity index (χ0v) is 12.4. The van der Waals surface area contributed by atoms with E-state index in [1.54, 1.807) is 24.2 Å². The summed E-state index contributed by atoms with van der Waals surface area (Å²) in [5.41, 5.74) is 2.32. The Morgan fingerprint density at radius 1 is 1.05 bits per heavy atom. The van der Waals surface area contributed by atoms with Gasteiger partial charge in [-0.1, -0.05) is 18.2 Å². The molecule has 5 heteroatoms.